The number of nitrogens with zero attached hydrogens (tertiary/aromatic N) is 3. The first-order valence-corrected chi connectivity index (χ1v) is 8.65. The number of rotatable bonds is 3. The molecule has 2 aromatic heterocycles. The number of benzene rings is 1. The molecule has 7 nitrogen and oxygen atoms in total. The van der Waals surface area contributed by atoms with Gasteiger partial charge in [-0.05, 0) is 36.8 Å². The van der Waals surface area contributed by atoms with Gasteiger partial charge in [0.25, 0.3) is 5.91 Å². The van der Waals surface area contributed by atoms with Crippen molar-refractivity contribution in [3.8, 4) is 17.0 Å². The summed E-state index contributed by atoms with van der Waals surface area (Å²) in [5.74, 6) is 0.228. The highest BCUT2D eigenvalue weighted by Crippen LogP contribution is 2.33. The van der Waals surface area contributed by atoms with E-state index >= 15 is 0 Å². The zero-order chi connectivity index (χ0) is 17.6. The number of nitrogens with one attached hydrogen (secondary N) is 1. The molecule has 1 atom stereocenters. The van der Waals surface area contributed by atoms with Crippen molar-refractivity contribution in [2.75, 3.05) is 7.11 Å². The topological polar surface area (TPSA) is 86.1 Å². The fraction of sp³-hybridized carbons (Fsp3) is 0.118. The Labute approximate surface area is 145 Å². The van der Waals surface area contributed by atoms with Crippen molar-refractivity contribution in [1.29, 1.82) is 0 Å². The lowest BCUT2D eigenvalue weighted by Gasteiger charge is -2.09. The van der Waals surface area contributed by atoms with Gasteiger partial charge in [0.05, 0.1) is 29.9 Å². The van der Waals surface area contributed by atoms with Crippen molar-refractivity contribution in [3.05, 3.63) is 48.3 Å². The fourth-order valence-corrected chi connectivity index (χ4v) is 3.62. The van der Waals surface area contributed by atoms with Gasteiger partial charge in [-0.15, -0.1) is 0 Å². The number of ether oxygens (including phenoxy) is 1. The van der Waals surface area contributed by atoms with Crippen molar-refractivity contribution in [1.82, 2.24) is 19.5 Å². The van der Waals surface area contributed by atoms with Gasteiger partial charge in [-0.25, -0.2) is 8.89 Å². The van der Waals surface area contributed by atoms with Crippen molar-refractivity contribution >= 4 is 32.8 Å². The van der Waals surface area contributed by atoms with Gasteiger partial charge >= 0.3 is 0 Å². The lowest BCUT2D eigenvalue weighted by atomic mass is 10.1. The van der Waals surface area contributed by atoms with Gasteiger partial charge in [0.1, 0.15) is 5.75 Å². The van der Waals surface area contributed by atoms with Gasteiger partial charge in [-0.2, -0.15) is 5.10 Å². The van der Waals surface area contributed by atoms with E-state index < -0.39 is 16.9 Å². The summed E-state index contributed by atoms with van der Waals surface area (Å²) >= 11 is 0. The summed E-state index contributed by atoms with van der Waals surface area (Å²) in [5, 5.41) is 5.33. The number of aromatic nitrogens is 3. The average molecular weight is 354 g/mol. The summed E-state index contributed by atoms with van der Waals surface area (Å²) in [5.41, 5.74) is 3.42. The minimum absolute atomic E-state index is 0.288. The predicted octanol–water partition coefficient (Wildman–Crippen LogP) is 2.01. The number of aryl methyl sites for hydroxylation is 1. The molecule has 1 aliphatic heterocycles. The second-order valence-electron chi connectivity index (χ2n) is 5.60. The van der Waals surface area contributed by atoms with Crippen LogP contribution in [0, 0.1) is 6.92 Å². The molecule has 1 amide bonds. The molecule has 1 aromatic carbocycles. The molecule has 126 valence electrons. The summed E-state index contributed by atoms with van der Waals surface area (Å²) in [4.78, 5) is 15.9. The Balaban J connectivity index is 1.96. The highest BCUT2D eigenvalue weighted by molar-refractivity contribution is 7.93. The Hall–Kier alpha value is -3.00. The molecule has 0 saturated carbocycles. The Morgan fingerprint density at radius 2 is 2.12 bits per heavy atom. The van der Waals surface area contributed by atoms with E-state index in [-0.39, 0.29) is 5.03 Å². The first-order valence-electron chi connectivity index (χ1n) is 7.50. The first kappa shape index (κ1) is 15.5. The highest BCUT2D eigenvalue weighted by Gasteiger charge is 2.24. The van der Waals surface area contributed by atoms with Crippen LogP contribution in [-0.2, 0) is 15.8 Å². The molecular weight excluding hydrogens is 340 g/mol. The predicted molar refractivity (Wildman–Crippen MR) is 94.8 cm³/mol. The van der Waals surface area contributed by atoms with Crippen LogP contribution in [0.4, 0.5) is 0 Å². The monoisotopic (exact) mass is 354 g/mol. The number of carbonyl (C=O) groups excluding carboxylic acids is 1. The number of amides is 1. The van der Waals surface area contributed by atoms with E-state index in [2.05, 4.69) is 14.8 Å². The molecule has 3 heterocycles. The lowest BCUT2D eigenvalue weighted by Crippen LogP contribution is -2.17. The summed E-state index contributed by atoms with van der Waals surface area (Å²) in [6.45, 7) is 2.00. The van der Waals surface area contributed by atoms with E-state index in [4.69, 9.17) is 4.74 Å². The van der Waals surface area contributed by atoms with Crippen LogP contribution in [0.15, 0.2) is 42.7 Å². The molecule has 4 rings (SSSR count). The number of carbonyl (C=O) groups is 1. The average Bonchev–Trinajstić information content (AvgIpc) is 3.16. The molecule has 0 saturated heterocycles. The Morgan fingerprint density at radius 1 is 1.28 bits per heavy atom. The van der Waals surface area contributed by atoms with Crippen LogP contribution in [0.3, 0.4) is 0 Å². The Morgan fingerprint density at radius 3 is 2.80 bits per heavy atom. The molecule has 3 aromatic rings. The number of hydrogen-bond donors (Lipinski definition) is 1. The van der Waals surface area contributed by atoms with Crippen LogP contribution in [0.25, 0.3) is 27.2 Å². The van der Waals surface area contributed by atoms with Crippen molar-refractivity contribution in [2.45, 2.75) is 6.92 Å². The van der Waals surface area contributed by atoms with E-state index in [0.717, 1.165) is 22.2 Å². The van der Waals surface area contributed by atoms with Crippen LogP contribution < -0.4 is 9.46 Å². The van der Waals surface area contributed by atoms with E-state index in [0.29, 0.717) is 11.3 Å². The number of pyridine rings is 1. The SMILES string of the molecule is COc1cc(-c2cc(C)ccn2)cc2c1cnn2C1=CC(=O)NS1=O. The molecule has 0 bridgehead atoms. The smallest absolute Gasteiger partial charge is 0.258 e. The molecule has 1 unspecified atom stereocenters. The zero-order valence-corrected chi connectivity index (χ0v) is 14.3. The minimum atomic E-state index is -1.63. The lowest BCUT2D eigenvalue weighted by molar-refractivity contribution is -0.114. The second kappa shape index (κ2) is 5.82. The van der Waals surface area contributed by atoms with Crippen LogP contribution >= 0.6 is 0 Å². The minimum Gasteiger partial charge on any atom is -0.496 e. The third-order valence-electron chi connectivity index (χ3n) is 3.93. The van der Waals surface area contributed by atoms with Gasteiger partial charge in [-0.3, -0.25) is 14.5 Å². The molecule has 0 radical (unpaired) electrons. The normalized spacial score (nSPS) is 16.8. The van der Waals surface area contributed by atoms with E-state index in [9.17, 15) is 9.00 Å². The quantitative estimate of drug-likeness (QED) is 0.777. The Bertz CT molecular complexity index is 1070. The largest absolute Gasteiger partial charge is 0.496 e. The molecule has 0 fully saturated rings. The van der Waals surface area contributed by atoms with Gasteiger partial charge < -0.3 is 4.74 Å². The van der Waals surface area contributed by atoms with Crippen LogP contribution in [0.2, 0.25) is 0 Å². The third kappa shape index (κ3) is 2.60. The zero-order valence-electron chi connectivity index (χ0n) is 13.5. The maximum atomic E-state index is 12.1. The number of methoxy groups -OCH3 is 1. The van der Waals surface area contributed by atoms with E-state index in [1.807, 2.05) is 31.2 Å². The molecular formula is C17H14N4O3S. The highest BCUT2D eigenvalue weighted by atomic mass is 32.2. The van der Waals surface area contributed by atoms with Crippen molar-refractivity contribution in [3.63, 3.8) is 0 Å². The van der Waals surface area contributed by atoms with Crippen LogP contribution in [0.5, 0.6) is 5.75 Å². The standard InChI is InChI=1S/C17H14N4O3S/c1-10-3-4-18-13(5-10)11-6-14-12(15(7-11)24-2)9-19-21(14)17-8-16(22)20-25(17)23/h3-9H,1-2H3,(H,20,22). The molecule has 1 N–H and O–H groups in total. The summed E-state index contributed by atoms with van der Waals surface area (Å²) in [7, 11) is -0.0529. The van der Waals surface area contributed by atoms with Gasteiger partial charge in [0, 0.05) is 17.8 Å². The molecule has 25 heavy (non-hydrogen) atoms. The van der Waals surface area contributed by atoms with Crippen molar-refractivity contribution in [2.24, 2.45) is 0 Å². The second-order valence-corrected chi connectivity index (χ2v) is 6.76. The van der Waals surface area contributed by atoms with E-state index in [1.54, 1.807) is 19.5 Å². The van der Waals surface area contributed by atoms with E-state index in [1.165, 1.54) is 10.8 Å². The Kier molecular flexibility index (Phi) is 3.61. The molecule has 1 aliphatic rings. The maximum absolute atomic E-state index is 12.1. The van der Waals surface area contributed by atoms with Gasteiger partial charge in [-0.1, -0.05) is 0 Å². The first-order chi connectivity index (χ1) is 12.1. The number of fused-ring (bicyclic) bond motifs is 1. The fourth-order valence-electron chi connectivity index (χ4n) is 2.76. The van der Waals surface area contributed by atoms with Crippen LogP contribution in [0.1, 0.15) is 5.56 Å². The van der Waals surface area contributed by atoms with Gasteiger partial charge in [0.2, 0.25) is 0 Å². The van der Waals surface area contributed by atoms with Crippen LogP contribution in [-0.4, -0.2) is 32.0 Å². The molecule has 0 spiro atoms. The summed E-state index contributed by atoms with van der Waals surface area (Å²) < 4.78 is 21.4. The summed E-state index contributed by atoms with van der Waals surface area (Å²) in [6, 6.07) is 7.68. The third-order valence-corrected chi connectivity index (χ3v) is 4.99. The molecule has 8 heteroatoms. The van der Waals surface area contributed by atoms with Gasteiger partial charge in [0.15, 0.2) is 16.0 Å². The molecule has 0 aliphatic carbocycles. The number of hydrogen-bond acceptors (Lipinski definition) is 5. The maximum Gasteiger partial charge on any atom is 0.258 e. The summed E-state index contributed by atoms with van der Waals surface area (Å²) in [6.07, 6.45) is 4.66. The van der Waals surface area contributed by atoms with Crippen molar-refractivity contribution < 1.29 is 13.7 Å².